The lowest BCUT2D eigenvalue weighted by Gasteiger charge is -2.21. The van der Waals surface area contributed by atoms with Crippen molar-refractivity contribution in [2.24, 2.45) is 0 Å². The minimum atomic E-state index is -0.217. The highest BCUT2D eigenvalue weighted by Crippen LogP contribution is 2.18. The first-order chi connectivity index (χ1) is 7.78. The summed E-state index contributed by atoms with van der Waals surface area (Å²) in [5.41, 5.74) is 1.48. The van der Waals surface area contributed by atoms with E-state index in [1.54, 1.807) is 18.2 Å². The molecule has 2 heteroatoms. The van der Waals surface area contributed by atoms with Gasteiger partial charge >= 0.3 is 0 Å². The monoisotopic (exact) mass is 232 g/mol. The number of hydrogen-bond acceptors (Lipinski definition) is 2. The molecule has 0 aromatic heterocycles. The van der Waals surface area contributed by atoms with Crippen LogP contribution in [0.1, 0.15) is 45.0 Å². The molecular formula is C15H20O2. The third kappa shape index (κ3) is 4.85. The van der Waals surface area contributed by atoms with Gasteiger partial charge in [0.25, 0.3) is 0 Å². The lowest BCUT2D eigenvalue weighted by Crippen LogP contribution is -2.22. The van der Waals surface area contributed by atoms with E-state index in [2.05, 4.69) is 0 Å². The van der Waals surface area contributed by atoms with Gasteiger partial charge in [0.1, 0.15) is 11.4 Å². The maximum atomic E-state index is 11.7. The summed E-state index contributed by atoms with van der Waals surface area (Å²) >= 11 is 0. The number of hydrogen-bond donors (Lipinski definition) is 0. The topological polar surface area (TPSA) is 26.3 Å². The highest BCUT2D eigenvalue weighted by molar-refractivity contribution is 6.04. The van der Waals surface area contributed by atoms with Crippen LogP contribution >= 0.6 is 0 Å². The molecule has 92 valence electrons. The summed E-state index contributed by atoms with van der Waals surface area (Å²) in [4.78, 5) is 11.7. The third-order valence-corrected chi connectivity index (χ3v) is 1.98. The predicted octanol–water partition coefficient (Wildman–Crippen LogP) is 4.01. The summed E-state index contributed by atoms with van der Waals surface area (Å²) in [5, 5.41) is 0. The van der Waals surface area contributed by atoms with Crippen molar-refractivity contribution in [2.45, 2.75) is 40.2 Å². The van der Waals surface area contributed by atoms with Crippen molar-refractivity contribution in [2.75, 3.05) is 0 Å². The van der Waals surface area contributed by atoms with Gasteiger partial charge in [-0.1, -0.05) is 5.57 Å². The van der Waals surface area contributed by atoms with E-state index in [9.17, 15) is 4.79 Å². The van der Waals surface area contributed by atoms with Gasteiger partial charge in [-0.2, -0.15) is 0 Å². The Balaban J connectivity index is 2.82. The summed E-state index contributed by atoms with van der Waals surface area (Å²) in [6.07, 6.45) is 1.64. The molecule has 0 spiro atoms. The molecule has 2 nitrogen and oxygen atoms in total. The van der Waals surface area contributed by atoms with Gasteiger partial charge < -0.3 is 4.74 Å². The van der Waals surface area contributed by atoms with E-state index in [0.29, 0.717) is 5.56 Å². The zero-order valence-electron chi connectivity index (χ0n) is 11.2. The molecule has 1 aromatic carbocycles. The highest BCUT2D eigenvalue weighted by Gasteiger charge is 2.11. The summed E-state index contributed by atoms with van der Waals surface area (Å²) in [7, 11) is 0. The molecule has 1 rings (SSSR count). The predicted molar refractivity (Wildman–Crippen MR) is 70.6 cm³/mol. The molecule has 0 aliphatic carbocycles. The van der Waals surface area contributed by atoms with Gasteiger partial charge in [-0.15, -0.1) is 0 Å². The molecule has 17 heavy (non-hydrogen) atoms. The molecule has 0 N–H and O–H groups in total. The molecule has 0 aliphatic heterocycles. The fourth-order valence-corrected chi connectivity index (χ4v) is 1.39. The van der Waals surface area contributed by atoms with Crippen molar-refractivity contribution in [1.82, 2.24) is 0 Å². The minimum absolute atomic E-state index is 0.0345. The zero-order chi connectivity index (χ0) is 13.1. The van der Waals surface area contributed by atoms with Crippen LogP contribution in [-0.2, 0) is 0 Å². The van der Waals surface area contributed by atoms with Gasteiger partial charge in [-0.05, 0) is 65.0 Å². The van der Waals surface area contributed by atoms with Crippen molar-refractivity contribution in [3.05, 3.63) is 41.5 Å². The number of carbonyl (C=O) groups excluding carboxylic acids is 1. The lowest BCUT2D eigenvalue weighted by atomic mass is 10.1. The van der Waals surface area contributed by atoms with Crippen LogP contribution in [0.3, 0.4) is 0 Å². The lowest BCUT2D eigenvalue weighted by molar-refractivity contribution is 0.104. The Morgan fingerprint density at radius 1 is 1.12 bits per heavy atom. The Bertz CT molecular complexity index is 415. The Hall–Kier alpha value is -1.57. The Labute approximate surface area is 103 Å². The molecule has 0 fully saturated rings. The number of benzene rings is 1. The van der Waals surface area contributed by atoms with Crippen molar-refractivity contribution < 1.29 is 9.53 Å². The van der Waals surface area contributed by atoms with Crippen LogP contribution in [0.2, 0.25) is 0 Å². The van der Waals surface area contributed by atoms with Crippen molar-refractivity contribution >= 4 is 5.78 Å². The van der Waals surface area contributed by atoms with Gasteiger partial charge in [0.2, 0.25) is 0 Å². The first-order valence-corrected chi connectivity index (χ1v) is 5.76. The average Bonchev–Trinajstić information content (AvgIpc) is 2.15. The summed E-state index contributed by atoms with van der Waals surface area (Å²) in [6.45, 7) is 9.81. The van der Waals surface area contributed by atoms with Crippen LogP contribution in [0.4, 0.5) is 0 Å². The summed E-state index contributed by atoms with van der Waals surface area (Å²) in [5.74, 6) is 0.818. The van der Waals surface area contributed by atoms with Crippen molar-refractivity contribution in [1.29, 1.82) is 0 Å². The molecule has 0 amide bonds. The van der Waals surface area contributed by atoms with Crippen LogP contribution in [0.15, 0.2) is 35.9 Å². The fraction of sp³-hybridized carbons (Fsp3) is 0.400. The van der Waals surface area contributed by atoms with Crippen LogP contribution in [-0.4, -0.2) is 11.4 Å². The van der Waals surface area contributed by atoms with Gasteiger partial charge in [0.05, 0.1) is 0 Å². The van der Waals surface area contributed by atoms with Gasteiger partial charge in [-0.25, -0.2) is 0 Å². The Morgan fingerprint density at radius 2 is 1.65 bits per heavy atom. The highest BCUT2D eigenvalue weighted by atomic mass is 16.5. The first kappa shape index (κ1) is 13.5. The Morgan fingerprint density at radius 3 is 2.06 bits per heavy atom. The second-order valence-electron chi connectivity index (χ2n) is 5.32. The summed E-state index contributed by atoms with van der Waals surface area (Å²) < 4.78 is 5.69. The van der Waals surface area contributed by atoms with Gasteiger partial charge in [0.15, 0.2) is 5.78 Å². The maximum Gasteiger partial charge on any atom is 0.185 e. The molecule has 0 bridgehead atoms. The normalized spacial score (nSPS) is 10.9. The maximum absolute atomic E-state index is 11.7. The van der Waals surface area contributed by atoms with E-state index < -0.39 is 0 Å². The molecule has 0 radical (unpaired) electrons. The van der Waals surface area contributed by atoms with Crippen LogP contribution in [0, 0.1) is 0 Å². The Kier molecular flexibility index (Phi) is 4.11. The third-order valence-electron chi connectivity index (χ3n) is 1.98. The van der Waals surface area contributed by atoms with E-state index >= 15 is 0 Å². The largest absolute Gasteiger partial charge is 0.488 e. The molecule has 1 aromatic rings. The number of rotatable bonds is 3. The standard InChI is InChI=1S/C15H20O2/c1-11(2)10-14(16)12-6-8-13(9-7-12)17-15(3,4)5/h6-10H,1-5H3. The van der Waals surface area contributed by atoms with Gasteiger partial charge in [-0.3, -0.25) is 4.79 Å². The molecular weight excluding hydrogens is 212 g/mol. The van der Waals surface area contributed by atoms with E-state index in [1.807, 2.05) is 46.8 Å². The van der Waals surface area contributed by atoms with Crippen LogP contribution in [0.5, 0.6) is 5.75 Å². The van der Waals surface area contributed by atoms with E-state index in [0.717, 1.165) is 11.3 Å². The zero-order valence-corrected chi connectivity index (χ0v) is 11.2. The van der Waals surface area contributed by atoms with E-state index in [-0.39, 0.29) is 11.4 Å². The second-order valence-corrected chi connectivity index (χ2v) is 5.32. The van der Waals surface area contributed by atoms with Crippen LogP contribution in [0.25, 0.3) is 0 Å². The molecule has 0 saturated heterocycles. The average molecular weight is 232 g/mol. The second kappa shape index (κ2) is 5.17. The molecule has 0 aliphatic rings. The quantitative estimate of drug-likeness (QED) is 0.581. The van der Waals surface area contributed by atoms with E-state index in [4.69, 9.17) is 4.74 Å². The van der Waals surface area contributed by atoms with Gasteiger partial charge in [0, 0.05) is 5.56 Å². The molecule has 0 heterocycles. The molecule has 0 atom stereocenters. The number of ether oxygens (including phenoxy) is 1. The number of allylic oxidation sites excluding steroid dienone is 2. The van der Waals surface area contributed by atoms with E-state index in [1.165, 1.54) is 0 Å². The number of carbonyl (C=O) groups is 1. The van der Waals surface area contributed by atoms with Crippen LogP contribution < -0.4 is 4.74 Å². The summed E-state index contributed by atoms with van der Waals surface area (Å²) in [6, 6.07) is 7.25. The SMILES string of the molecule is CC(C)=CC(=O)c1ccc(OC(C)(C)C)cc1. The molecule has 0 unspecified atom stereocenters. The first-order valence-electron chi connectivity index (χ1n) is 5.76. The van der Waals surface area contributed by atoms with Crippen molar-refractivity contribution in [3.63, 3.8) is 0 Å². The molecule has 0 saturated carbocycles. The fourth-order valence-electron chi connectivity index (χ4n) is 1.39. The minimum Gasteiger partial charge on any atom is -0.488 e. The van der Waals surface area contributed by atoms with Crippen molar-refractivity contribution in [3.8, 4) is 5.75 Å². The number of ketones is 1. The smallest absolute Gasteiger partial charge is 0.185 e.